The monoisotopic (exact) mass is 182 g/mol. The Kier molecular flexibility index (Phi) is 2.02. The van der Waals surface area contributed by atoms with E-state index in [9.17, 15) is 4.79 Å². The van der Waals surface area contributed by atoms with Gasteiger partial charge in [0.15, 0.2) is 0 Å². The second-order valence-corrected chi connectivity index (χ2v) is 2.71. The van der Waals surface area contributed by atoms with Gasteiger partial charge >= 0.3 is 11.9 Å². The summed E-state index contributed by atoms with van der Waals surface area (Å²) >= 11 is 0. The standard InChI is InChI=1S/C8H10N2O3/c1-2-12-8(11)7-10-5-3-9-4-6(5)13-7/h9H,2-4H2,1H3. The first-order valence-electron chi connectivity index (χ1n) is 4.17. The zero-order valence-corrected chi connectivity index (χ0v) is 7.29. The highest BCUT2D eigenvalue weighted by Crippen LogP contribution is 2.16. The van der Waals surface area contributed by atoms with Crippen LogP contribution in [0.5, 0.6) is 0 Å². The lowest BCUT2D eigenvalue weighted by atomic mass is 10.4. The first-order valence-corrected chi connectivity index (χ1v) is 4.17. The molecule has 0 atom stereocenters. The molecule has 0 amide bonds. The SMILES string of the molecule is CCOC(=O)c1nc2c(o1)CNC2. The number of esters is 1. The number of hydrogen-bond acceptors (Lipinski definition) is 5. The highest BCUT2D eigenvalue weighted by atomic mass is 16.5. The van der Waals surface area contributed by atoms with Crippen molar-refractivity contribution in [1.29, 1.82) is 0 Å². The van der Waals surface area contributed by atoms with Gasteiger partial charge in [-0.25, -0.2) is 9.78 Å². The van der Waals surface area contributed by atoms with E-state index in [2.05, 4.69) is 10.3 Å². The van der Waals surface area contributed by atoms with Crippen LogP contribution in [-0.2, 0) is 17.8 Å². The number of hydrogen-bond donors (Lipinski definition) is 1. The number of carbonyl (C=O) groups is 1. The van der Waals surface area contributed by atoms with Crippen LogP contribution in [0, 0.1) is 0 Å². The average Bonchev–Trinajstić information content (AvgIpc) is 2.61. The molecule has 1 aromatic heterocycles. The van der Waals surface area contributed by atoms with Gasteiger partial charge in [-0.2, -0.15) is 0 Å². The summed E-state index contributed by atoms with van der Waals surface area (Å²) in [6.45, 7) is 3.39. The van der Waals surface area contributed by atoms with Crippen molar-refractivity contribution in [2.45, 2.75) is 20.0 Å². The molecule has 5 nitrogen and oxygen atoms in total. The number of nitrogens with zero attached hydrogens (tertiary/aromatic N) is 1. The van der Waals surface area contributed by atoms with E-state index in [1.807, 2.05) is 0 Å². The summed E-state index contributed by atoms with van der Waals surface area (Å²) < 4.78 is 9.94. The molecular weight excluding hydrogens is 172 g/mol. The second kappa shape index (κ2) is 3.18. The van der Waals surface area contributed by atoms with Gasteiger partial charge in [0, 0.05) is 6.54 Å². The fourth-order valence-electron chi connectivity index (χ4n) is 1.23. The van der Waals surface area contributed by atoms with Crippen molar-refractivity contribution < 1.29 is 13.9 Å². The fraction of sp³-hybridized carbons (Fsp3) is 0.500. The number of nitrogens with one attached hydrogen (secondary N) is 1. The Bertz CT molecular complexity index is 311. The van der Waals surface area contributed by atoms with Gasteiger partial charge in [-0.15, -0.1) is 0 Å². The van der Waals surface area contributed by atoms with Gasteiger partial charge in [-0.3, -0.25) is 0 Å². The summed E-state index contributed by atoms with van der Waals surface area (Å²) in [6.07, 6.45) is 0. The van der Waals surface area contributed by atoms with Crippen molar-refractivity contribution in [1.82, 2.24) is 10.3 Å². The normalized spacial score (nSPS) is 14.2. The Morgan fingerprint density at radius 2 is 2.54 bits per heavy atom. The first-order chi connectivity index (χ1) is 6.31. The van der Waals surface area contributed by atoms with Gasteiger partial charge in [0.25, 0.3) is 0 Å². The molecule has 2 rings (SSSR count). The molecule has 13 heavy (non-hydrogen) atoms. The molecule has 0 saturated heterocycles. The summed E-state index contributed by atoms with van der Waals surface area (Å²) in [5, 5.41) is 3.06. The third-order valence-electron chi connectivity index (χ3n) is 1.81. The van der Waals surface area contributed by atoms with Crippen molar-refractivity contribution in [2.75, 3.05) is 6.61 Å². The van der Waals surface area contributed by atoms with Gasteiger partial charge in [0.05, 0.1) is 18.8 Å². The van der Waals surface area contributed by atoms with Crippen molar-refractivity contribution in [3.63, 3.8) is 0 Å². The van der Waals surface area contributed by atoms with Crippen LogP contribution in [0.3, 0.4) is 0 Å². The zero-order valence-electron chi connectivity index (χ0n) is 7.29. The van der Waals surface area contributed by atoms with E-state index in [4.69, 9.17) is 9.15 Å². The molecule has 2 heterocycles. The molecule has 0 unspecified atom stereocenters. The Hall–Kier alpha value is -1.36. The van der Waals surface area contributed by atoms with E-state index in [0.29, 0.717) is 19.7 Å². The predicted octanol–water partition coefficient (Wildman–Crippen LogP) is 0.455. The van der Waals surface area contributed by atoms with Gasteiger partial charge in [-0.1, -0.05) is 0 Å². The maximum Gasteiger partial charge on any atom is 0.394 e. The Morgan fingerprint density at radius 3 is 3.23 bits per heavy atom. The third kappa shape index (κ3) is 1.42. The van der Waals surface area contributed by atoms with E-state index >= 15 is 0 Å². The van der Waals surface area contributed by atoms with Gasteiger partial charge in [0.2, 0.25) is 0 Å². The Morgan fingerprint density at radius 1 is 1.69 bits per heavy atom. The van der Waals surface area contributed by atoms with Gasteiger partial charge in [0.1, 0.15) is 5.76 Å². The molecule has 0 aromatic carbocycles. The van der Waals surface area contributed by atoms with Crippen molar-refractivity contribution in [3.8, 4) is 0 Å². The van der Waals surface area contributed by atoms with Crippen LogP contribution in [0.1, 0.15) is 29.1 Å². The lowest BCUT2D eigenvalue weighted by molar-refractivity contribution is 0.0478. The molecular formula is C8H10N2O3. The molecule has 1 N–H and O–H groups in total. The van der Waals surface area contributed by atoms with Crippen LogP contribution in [0.25, 0.3) is 0 Å². The number of fused-ring (bicyclic) bond motifs is 1. The molecule has 1 aliphatic heterocycles. The summed E-state index contributed by atoms with van der Waals surface area (Å²) in [7, 11) is 0. The van der Waals surface area contributed by atoms with Crippen LogP contribution < -0.4 is 5.32 Å². The lowest BCUT2D eigenvalue weighted by Crippen LogP contribution is -2.07. The number of carbonyl (C=O) groups excluding carboxylic acids is 1. The number of rotatable bonds is 2. The smallest absolute Gasteiger partial charge is 0.394 e. The van der Waals surface area contributed by atoms with Crippen LogP contribution in [0.15, 0.2) is 4.42 Å². The minimum atomic E-state index is -0.489. The third-order valence-corrected chi connectivity index (χ3v) is 1.81. The predicted molar refractivity (Wildman–Crippen MR) is 43.0 cm³/mol. The van der Waals surface area contributed by atoms with Crippen LogP contribution in [-0.4, -0.2) is 17.6 Å². The zero-order chi connectivity index (χ0) is 9.26. The fourth-order valence-corrected chi connectivity index (χ4v) is 1.23. The van der Waals surface area contributed by atoms with Gasteiger partial charge in [-0.05, 0) is 6.92 Å². The largest absolute Gasteiger partial charge is 0.459 e. The summed E-state index contributed by atoms with van der Waals surface area (Å²) in [6, 6.07) is 0. The molecule has 70 valence electrons. The van der Waals surface area contributed by atoms with Crippen LogP contribution >= 0.6 is 0 Å². The van der Waals surface area contributed by atoms with E-state index < -0.39 is 5.97 Å². The quantitative estimate of drug-likeness (QED) is 0.673. The summed E-state index contributed by atoms with van der Waals surface area (Å²) in [4.78, 5) is 15.2. The van der Waals surface area contributed by atoms with Gasteiger partial charge < -0.3 is 14.5 Å². The topological polar surface area (TPSA) is 64.4 Å². The number of ether oxygens (including phenoxy) is 1. The molecule has 0 fully saturated rings. The lowest BCUT2D eigenvalue weighted by Gasteiger charge is -1.95. The molecule has 1 aliphatic rings. The number of aromatic nitrogens is 1. The van der Waals surface area contributed by atoms with E-state index in [0.717, 1.165) is 11.5 Å². The second-order valence-electron chi connectivity index (χ2n) is 2.71. The minimum Gasteiger partial charge on any atom is -0.459 e. The molecule has 0 radical (unpaired) electrons. The highest BCUT2D eigenvalue weighted by Gasteiger charge is 2.22. The average molecular weight is 182 g/mol. The molecule has 1 aromatic rings. The first kappa shape index (κ1) is 8.25. The highest BCUT2D eigenvalue weighted by molar-refractivity contribution is 5.84. The van der Waals surface area contributed by atoms with Crippen molar-refractivity contribution >= 4 is 5.97 Å². The minimum absolute atomic E-state index is 0.0633. The Labute approximate surface area is 75.1 Å². The molecule has 5 heteroatoms. The number of oxazole rings is 1. The van der Waals surface area contributed by atoms with Crippen LogP contribution in [0.2, 0.25) is 0 Å². The maximum absolute atomic E-state index is 11.2. The summed E-state index contributed by atoms with van der Waals surface area (Å²) in [5.74, 6) is 0.313. The Balaban J connectivity index is 2.18. The molecule has 0 bridgehead atoms. The van der Waals surface area contributed by atoms with E-state index in [1.165, 1.54) is 0 Å². The molecule has 0 aliphatic carbocycles. The van der Waals surface area contributed by atoms with Crippen LogP contribution in [0.4, 0.5) is 0 Å². The van der Waals surface area contributed by atoms with E-state index in [1.54, 1.807) is 6.92 Å². The maximum atomic E-state index is 11.2. The molecule has 0 spiro atoms. The van der Waals surface area contributed by atoms with E-state index in [-0.39, 0.29) is 5.89 Å². The summed E-state index contributed by atoms with van der Waals surface area (Å²) in [5.41, 5.74) is 0.808. The van der Waals surface area contributed by atoms with Crippen molar-refractivity contribution in [3.05, 3.63) is 17.3 Å². The molecule has 0 saturated carbocycles. The van der Waals surface area contributed by atoms with Crippen molar-refractivity contribution in [2.24, 2.45) is 0 Å².